The van der Waals surface area contributed by atoms with Gasteiger partial charge in [0.1, 0.15) is 6.61 Å². The number of allylic oxidation sites excluding steroid dienone is 2. The van der Waals surface area contributed by atoms with Crippen LogP contribution in [0.25, 0.3) is 0 Å². The number of alkyl halides is 1. The molecule has 0 aliphatic heterocycles. The van der Waals surface area contributed by atoms with E-state index in [4.69, 9.17) is 16.3 Å². The number of likely N-dealkylation sites (N-methyl/N-ethyl adjacent to an activating group) is 1. The van der Waals surface area contributed by atoms with Gasteiger partial charge in [-0.25, -0.2) is 0 Å². The molecule has 0 rings (SSSR count). The van der Waals surface area contributed by atoms with Crippen molar-refractivity contribution in [1.29, 1.82) is 0 Å². The molecule has 0 unspecified atom stereocenters. The van der Waals surface area contributed by atoms with Crippen molar-refractivity contribution in [3.05, 3.63) is 12.2 Å². The van der Waals surface area contributed by atoms with Crippen LogP contribution in [0.5, 0.6) is 0 Å². The first kappa shape index (κ1) is 13.5. The molecule has 0 saturated carbocycles. The number of ether oxygens (including phenoxy) is 1. The number of amides is 1. The molecule has 3 nitrogen and oxygen atoms in total. The lowest BCUT2D eigenvalue weighted by Gasteiger charge is -2.09. The van der Waals surface area contributed by atoms with E-state index in [1.807, 2.05) is 12.2 Å². The first-order chi connectivity index (χ1) is 6.68. The van der Waals surface area contributed by atoms with E-state index in [1.54, 1.807) is 14.1 Å². The van der Waals surface area contributed by atoms with Crippen molar-refractivity contribution in [2.24, 2.45) is 0 Å². The standard InChI is InChI=1S/C10H18ClNO2/c1-12(2)10(13)9-14-8-6-4-3-5-7-11/h3,5H,4,6-9H2,1-2H3/b5-3-. The molecule has 0 saturated heterocycles. The van der Waals surface area contributed by atoms with Crippen LogP contribution in [0, 0.1) is 0 Å². The van der Waals surface area contributed by atoms with E-state index >= 15 is 0 Å². The Morgan fingerprint density at radius 2 is 2.14 bits per heavy atom. The number of nitrogens with zero attached hydrogens (tertiary/aromatic N) is 1. The quantitative estimate of drug-likeness (QED) is 0.370. The van der Waals surface area contributed by atoms with Gasteiger partial charge < -0.3 is 9.64 Å². The Morgan fingerprint density at radius 3 is 2.71 bits per heavy atom. The average Bonchev–Trinajstić information content (AvgIpc) is 2.16. The van der Waals surface area contributed by atoms with Crippen molar-refractivity contribution in [3.63, 3.8) is 0 Å². The van der Waals surface area contributed by atoms with E-state index in [2.05, 4.69) is 0 Å². The van der Waals surface area contributed by atoms with Crippen LogP contribution < -0.4 is 0 Å². The minimum absolute atomic E-state index is 0.00120. The summed E-state index contributed by atoms with van der Waals surface area (Å²) in [6, 6.07) is 0. The Labute approximate surface area is 90.7 Å². The van der Waals surface area contributed by atoms with Crippen LogP contribution in [-0.4, -0.2) is 44.0 Å². The Kier molecular flexibility index (Phi) is 8.68. The van der Waals surface area contributed by atoms with E-state index in [0.717, 1.165) is 12.8 Å². The number of hydrogen-bond acceptors (Lipinski definition) is 2. The van der Waals surface area contributed by atoms with Crippen molar-refractivity contribution in [2.45, 2.75) is 12.8 Å². The summed E-state index contributed by atoms with van der Waals surface area (Å²) < 4.78 is 5.18. The Hall–Kier alpha value is -0.540. The van der Waals surface area contributed by atoms with E-state index < -0.39 is 0 Å². The third-order valence-electron chi connectivity index (χ3n) is 1.64. The van der Waals surface area contributed by atoms with Crippen molar-refractivity contribution in [1.82, 2.24) is 4.90 Å². The summed E-state index contributed by atoms with van der Waals surface area (Å²) in [4.78, 5) is 12.6. The first-order valence-electron chi connectivity index (χ1n) is 4.67. The average molecular weight is 220 g/mol. The molecule has 0 radical (unpaired) electrons. The number of carbonyl (C=O) groups excluding carboxylic acids is 1. The van der Waals surface area contributed by atoms with Gasteiger partial charge in [0.05, 0.1) is 0 Å². The molecule has 14 heavy (non-hydrogen) atoms. The molecule has 0 aromatic carbocycles. The van der Waals surface area contributed by atoms with Crippen LogP contribution in [0.1, 0.15) is 12.8 Å². The maximum absolute atomic E-state index is 11.0. The van der Waals surface area contributed by atoms with Crippen LogP contribution in [0.3, 0.4) is 0 Å². The highest BCUT2D eigenvalue weighted by atomic mass is 35.5. The normalized spacial score (nSPS) is 10.8. The Balaban J connectivity index is 3.21. The van der Waals surface area contributed by atoms with Gasteiger partial charge in [0, 0.05) is 26.6 Å². The molecule has 0 N–H and O–H groups in total. The molecule has 0 bridgehead atoms. The van der Waals surface area contributed by atoms with Gasteiger partial charge in [0.25, 0.3) is 0 Å². The SMILES string of the molecule is CN(C)C(=O)COCCC/C=C\CCl. The smallest absolute Gasteiger partial charge is 0.248 e. The van der Waals surface area contributed by atoms with E-state index in [1.165, 1.54) is 4.90 Å². The fraction of sp³-hybridized carbons (Fsp3) is 0.700. The molecule has 0 aromatic heterocycles. The maximum Gasteiger partial charge on any atom is 0.248 e. The summed E-state index contributed by atoms with van der Waals surface area (Å²) >= 11 is 5.45. The van der Waals surface area contributed by atoms with Crippen molar-refractivity contribution < 1.29 is 9.53 Å². The van der Waals surface area contributed by atoms with Crippen molar-refractivity contribution in [3.8, 4) is 0 Å². The van der Waals surface area contributed by atoms with Crippen LogP contribution in [0.15, 0.2) is 12.2 Å². The Morgan fingerprint density at radius 1 is 1.43 bits per heavy atom. The predicted octanol–water partition coefficient (Wildman–Crippen LogP) is 1.67. The van der Waals surface area contributed by atoms with E-state index in [9.17, 15) is 4.79 Å². The first-order valence-corrected chi connectivity index (χ1v) is 5.20. The van der Waals surface area contributed by atoms with Gasteiger partial charge in [-0.2, -0.15) is 0 Å². The molecule has 1 amide bonds. The topological polar surface area (TPSA) is 29.5 Å². The Bertz CT molecular complexity index is 181. The summed E-state index contributed by atoms with van der Waals surface area (Å²) in [6.07, 6.45) is 5.80. The highest BCUT2D eigenvalue weighted by Crippen LogP contribution is 1.93. The molecule has 0 aromatic rings. The second-order valence-electron chi connectivity index (χ2n) is 3.11. The van der Waals surface area contributed by atoms with Gasteiger partial charge in [-0.1, -0.05) is 12.2 Å². The van der Waals surface area contributed by atoms with Gasteiger partial charge in [0.2, 0.25) is 5.91 Å². The second-order valence-corrected chi connectivity index (χ2v) is 3.42. The molecule has 0 aliphatic carbocycles. The summed E-state index contributed by atoms with van der Waals surface area (Å²) in [5, 5.41) is 0. The molecule has 0 aliphatic rings. The number of halogens is 1. The fourth-order valence-corrected chi connectivity index (χ4v) is 0.899. The molecule has 0 fully saturated rings. The third-order valence-corrected chi connectivity index (χ3v) is 1.82. The van der Waals surface area contributed by atoms with E-state index in [0.29, 0.717) is 12.5 Å². The van der Waals surface area contributed by atoms with E-state index in [-0.39, 0.29) is 12.5 Å². The molecular formula is C10H18ClNO2. The molecular weight excluding hydrogens is 202 g/mol. The van der Waals surface area contributed by atoms with Crippen LogP contribution in [-0.2, 0) is 9.53 Å². The van der Waals surface area contributed by atoms with Crippen molar-refractivity contribution in [2.75, 3.05) is 33.2 Å². The van der Waals surface area contributed by atoms with Gasteiger partial charge in [-0.3, -0.25) is 4.79 Å². The lowest BCUT2D eigenvalue weighted by Crippen LogP contribution is -2.26. The molecule has 0 atom stereocenters. The van der Waals surface area contributed by atoms with Crippen LogP contribution in [0.4, 0.5) is 0 Å². The van der Waals surface area contributed by atoms with Crippen LogP contribution >= 0.6 is 11.6 Å². The highest BCUT2D eigenvalue weighted by Gasteiger charge is 2.01. The fourth-order valence-electron chi connectivity index (χ4n) is 0.773. The zero-order valence-corrected chi connectivity index (χ0v) is 9.59. The summed E-state index contributed by atoms with van der Waals surface area (Å²) in [5.41, 5.74) is 0. The zero-order valence-electron chi connectivity index (χ0n) is 8.83. The monoisotopic (exact) mass is 219 g/mol. The summed E-state index contributed by atoms with van der Waals surface area (Å²) in [5.74, 6) is 0.557. The molecule has 0 heterocycles. The molecule has 0 spiro atoms. The van der Waals surface area contributed by atoms with Gasteiger partial charge in [0.15, 0.2) is 0 Å². The lowest BCUT2D eigenvalue weighted by molar-refractivity contribution is -0.133. The number of unbranched alkanes of at least 4 members (excludes halogenated alkanes) is 1. The lowest BCUT2D eigenvalue weighted by atomic mass is 10.3. The minimum Gasteiger partial charge on any atom is -0.372 e. The third kappa shape index (κ3) is 8.08. The highest BCUT2D eigenvalue weighted by molar-refractivity contribution is 6.18. The van der Waals surface area contributed by atoms with Gasteiger partial charge in [-0.05, 0) is 12.8 Å². The number of carbonyl (C=O) groups is 1. The summed E-state index contributed by atoms with van der Waals surface area (Å²) in [6.45, 7) is 0.790. The summed E-state index contributed by atoms with van der Waals surface area (Å²) in [7, 11) is 3.43. The second kappa shape index (κ2) is 9.03. The zero-order chi connectivity index (χ0) is 10.8. The maximum atomic E-state index is 11.0. The van der Waals surface area contributed by atoms with Gasteiger partial charge in [-0.15, -0.1) is 11.6 Å². The molecule has 82 valence electrons. The van der Waals surface area contributed by atoms with Crippen molar-refractivity contribution >= 4 is 17.5 Å². The number of hydrogen-bond donors (Lipinski definition) is 0. The number of rotatable bonds is 7. The predicted molar refractivity (Wildman–Crippen MR) is 58.6 cm³/mol. The molecule has 4 heteroatoms. The van der Waals surface area contributed by atoms with Gasteiger partial charge >= 0.3 is 0 Å². The largest absolute Gasteiger partial charge is 0.372 e. The van der Waals surface area contributed by atoms with Crippen LogP contribution in [0.2, 0.25) is 0 Å². The minimum atomic E-state index is 0.00120.